The van der Waals surface area contributed by atoms with Crippen LogP contribution in [-0.2, 0) is 4.74 Å². The first-order valence-electron chi connectivity index (χ1n) is 8.12. The van der Waals surface area contributed by atoms with Crippen molar-refractivity contribution in [3.05, 3.63) is 28.8 Å². The molecule has 124 valence electrons. The average molecular weight is 307 g/mol. The molecule has 1 aliphatic heterocycles. The molecule has 4 heteroatoms. The van der Waals surface area contributed by atoms with Gasteiger partial charge in [0.25, 0.3) is 0 Å². The van der Waals surface area contributed by atoms with Gasteiger partial charge in [-0.25, -0.2) is 0 Å². The maximum absolute atomic E-state index is 10.3. The molecule has 0 spiro atoms. The summed E-state index contributed by atoms with van der Waals surface area (Å²) in [4.78, 5) is 2.25. The fourth-order valence-corrected chi connectivity index (χ4v) is 3.11. The second-order valence-corrected chi connectivity index (χ2v) is 6.59. The van der Waals surface area contributed by atoms with E-state index in [0.717, 1.165) is 30.0 Å². The number of rotatable bonds is 5. The zero-order chi connectivity index (χ0) is 16.3. The molecule has 0 aliphatic carbocycles. The van der Waals surface area contributed by atoms with E-state index in [0.29, 0.717) is 13.2 Å². The summed E-state index contributed by atoms with van der Waals surface area (Å²) in [7, 11) is 0. The molecule has 1 fully saturated rings. The number of ether oxygens (including phenoxy) is 2. The molecule has 1 aromatic carbocycles. The Labute approximate surface area is 134 Å². The molecule has 3 atom stereocenters. The Morgan fingerprint density at radius 1 is 1.18 bits per heavy atom. The Morgan fingerprint density at radius 2 is 1.77 bits per heavy atom. The van der Waals surface area contributed by atoms with Gasteiger partial charge in [-0.1, -0.05) is 12.1 Å². The molecule has 0 saturated carbocycles. The van der Waals surface area contributed by atoms with E-state index < -0.39 is 6.10 Å². The summed E-state index contributed by atoms with van der Waals surface area (Å²) in [5.74, 6) is 0.905. The van der Waals surface area contributed by atoms with E-state index in [9.17, 15) is 5.11 Å². The van der Waals surface area contributed by atoms with Crippen LogP contribution in [0.4, 0.5) is 0 Å². The van der Waals surface area contributed by atoms with E-state index >= 15 is 0 Å². The van der Waals surface area contributed by atoms with Crippen LogP contribution in [0.5, 0.6) is 5.75 Å². The van der Waals surface area contributed by atoms with E-state index in [4.69, 9.17) is 9.47 Å². The van der Waals surface area contributed by atoms with Crippen molar-refractivity contribution in [2.45, 2.75) is 52.9 Å². The van der Waals surface area contributed by atoms with Crippen LogP contribution in [0.1, 0.15) is 30.5 Å². The molecule has 1 saturated heterocycles. The minimum Gasteiger partial charge on any atom is -0.490 e. The van der Waals surface area contributed by atoms with E-state index in [1.165, 1.54) is 5.56 Å². The molecule has 0 aromatic heterocycles. The van der Waals surface area contributed by atoms with Crippen LogP contribution in [0.3, 0.4) is 0 Å². The van der Waals surface area contributed by atoms with Gasteiger partial charge in [0.1, 0.15) is 18.5 Å². The molecule has 0 radical (unpaired) electrons. The smallest absolute Gasteiger partial charge is 0.125 e. The topological polar surface area (TPSA) is 41.9 Å². The van der Waals surface area contributed by atoms with Crippen LogP contribution in [0, 0.1) is 20.8 Å². The molecule has 22 heavy (non-hydrogen) atoms. The van der Waals surface area contributed by atoms with Crippen molar-refractivity contribution in [3.8, 4) is 5.75 Å². The summed E-state index contributed by atoms with van der Waals surface area (Å²) < 4.78 is 11.6. The SMILES string of the molecule is Cc1ccc(C)c(OCC(O)CN2CC(C)OC(C)C2)c1C. The third kappa shape index (κ3) is 4.45. The van der Waals surface area contributed by atoms with Crippen LogP contribution >= 0.6 is 0 Å². The second kappa shape index (κ2) is 7.44. The van der Waals surface area contributed by atoms with Crippen LogP contribution < -0.4 is 4.74 Å². The summed E-state index contributed by atoms with van der Waals surface area (Å²) in [5, 5.41) is 10.3. The summed E-state index contributed by atoms with van der Waals surface area (Å²) in [6.07, 6.45) is -0.0481. The molecule has 3 unspecified atom stereocenters. The number of benzene rings is 1. The molecule has 1 heterocycles. The predicted octanol–water partition coefficient (Wildman–Crippen LogP) is 2.46. The van der Waals surface area contributed by atoms with Gasteiger partial charge in [-0.15, -0.1) is 0 Å². The van der Waals surface area contributed by atoms with Crippen molar-refractivity contribution in [3.63, 3.8) is 0 Å². The highest BCUT2D eigenvalue weighted by Gasteiger charge is 2.24. The number of aliphatic hydroxyl groups excluding tert-OH is 1. The number of β-amino-alcohol motifs (C(OH)–C–C–N with tert-alkyl or cyclic N) is 1. The van der Waals surface area contributed by atoms with Gasteiger partial charge in [0, 0.05) is 19.6 Å². The minimum atomic E-state index is -0.489. The number of aliphatic hydroxyl groups is 1. The average Bonchev–Trinajstić information content (AvgIpc) is 2.42. The van der Waals surface area contributed by atoms with Crippen LogP contribution in [0.15, 0.2) is 12.1 Å². The van der Waals surface area contributed by atoms with Crippen LogP contribution in [0.25, 0.3) is 0 Å². The zero-order valence-corrected chi connectivity index (χ0v) is 14.4. The number of aryl methyl sites for hydroxylation is 2. The van der Waals surface area contributed by atoms with Crippen molar-refractivity contribution in [2.75, 3.05) is 26.2 Å². The molecule has 0 amide bonds. The van der Waals surface area contributed by atoms with Crippen molar-refractivity contribution in [2.24, 2.45) is 0 Å². The lowest BCUT2D eigenvalue weighted by Crippen LogP contribution is -2.48. The predicted molar refractivity (Wildman–Crippen MR) is 88.6 cm³/mol. The molecule has 1 aliphatic rings. The highest BCUT2D eigenvalue weighted by Crippen LogP contribution is 2.25. The quantitative estimate of drug-likeness (QED) is 0.907. The Kier molecular flexibility index (Phi) is 5.84. The molecular formula is C18H29NO3. The van der Waals surface area contributed by atoms with E-state index in [2.05, 4.69) is 44.7 Å². The number of morpholine rings is 1. The maximum Gasteiger partial charge on any atom is 0.125 e. The van der Waals surface area contributed by atoms with Crippen molar-refractivity contribution < 1.29 is 14.6 Å². The molecular weight excluding hydrogens is 278 g/mol. The number of nitrogens with zero attached hydrogens (tertiary/aromatic N) is 1. The first kappa shape index (κ1) is 17.3. The highest BCUT2D eigenvalue weighted by molar-refractivity contribution is 5.44. The fraction of sp³-hybridized carbons (Fsp3) is 0.667. The molecule has 4 nitrogen and oxygen atoms in total. The largest absolute Gasteiger partial charge is 0.490 e. The molecule has 0 bridgehead atoms. The van der Waals surface area contributed by atoms with Crippen molar-refractivity contribution in [1.29, 1.82) is 0 Å². The Balaban J connectivity index is 1.88. The van der Waals surface area contributed by atoms with Gasteiger partial charge >= 0.3 is 0 Å². The standard InChI is InChI=1S/C18H29NO3/c1-12-6-7-13(2)18(16(12)5)21-11-17(20)10-19-8-14(3)22-15(4)9-19/h6-7,14-15,17,20H,8-11H2,1-5H3. The van der Waals surface area contributed by atoms with E-state index in [1.807, 2.05) is 6.92 Å². The summed E-state index contributed by atoms with van der Waals surface area (Å²) >= 11 is 0. The Bertz CT molecular complexity index is 493. The van der Waals surface area contributed by atoms with E-state index in [1.54, 1.807) is 0 Å². The third-order valence-electron chi connectivity index (χ3n) is 4.26. The van der Waals surface area contributed by atoms with Gasteiger partial charge in [0.2, 0.25) is 0 Å². The molecule has 1 N–H and O–H groups in total. The van der Waals surface area contributed by atoms with Crippen LogP contribution in [-0.4, -0.2) is 54.6 Å². The molecule has 2 rings (SSSR count). The number of hydrogen-bond acceptors (Lipinski definition) is 4. The van der Waals surface area contributed by atoms with Crippen molar-refractivity contribution >= 4 is 0 Å². The third-order valence-corrected chi connectivity index (χ3v) is 4.26. The van der Waals surface area contributed by atoms with Gasteiger partial charge in [0.05, 0.1) is 12.2 Å². The molecule has 1 aromatic rings. The summed E-state index contributed by atoms with van der Waals surface area (Å²) in [6.45, 7) is 13.0. The maximum atomic E-state index is 10.3. The minimum absolute atomic E-state index is 0.220. The van der Waals surface area contributed by atoms with Crippen molar-refractivity contribution in [1.82, 2.24) is 4.90 Å². The van der Waals surface area contributed by atoms with Gasteiger partial charge < -0.3 is 14.6 Å². The lowest BCUT2D eigenvalue weighted by molar-refractivity contribution is -0.0787. The van der Waals surface area contributed by atoms with E-state index in [-0.39, 0.29) is 12.2 Å². The lowest BCUT2D eigenvalue weighted by atomic mass is 10.1. The Morgan fingerprint density at radius 3 is 2.41 bits per heavy atom. The van der Waals surface area contributed by atoms with Gasteiger partial charge in [0.15, 0.2) is 0 Å². The second-order valence-electron chi connectivity index (χ2n) is 6.59. The normalized spacial score (nSPS) is 24.3. The monoisotopic (exact) mass is 307 g/mol. The zero-order valence-electron chi connectivity index (χ0n) is 14.4. The van der Waals surface area contributed by atoms with Gasteiger partial charge in [-0.3, -0.25) is 4.90 Å². The van der Waals surface area contributed by atoms with Gasteiger partial charge in [-0.2, -0.15) is 0 Å². The Hall–Kier alpha value is -1.10. The first-order valence-corrected chi connectivity index (χ1v) is 8.12. The lowest BCUT2D eigenvalue weighted by Gasteiger charge is -2.36. The summed E-state index contributed by atoms with van der Waals surface area (Å²) in [6, 6.07) is 4.17. The highest BCUT2D eigenvalue weighted by atomic mass is 16.5. The van der Waals surface area contributed by atoms with Gasteiger partial charge in [-0.05, 0) is 51.3 Å². The number of hydrogen-bond donors (Lipinski definition) is 1. The van der Waals surface area contributed by atoms with Crippen LogP contribution in [0.2, 0.25) is 0 Å². The fourth-order valence-electron chi connectivity index (χ4n) is 3.11. The first-order chi connectivity index (χ1) is 10.4. The summed E-state index contributed by atoms with van der Waals surface area (Å²) in [5.41, 5.74) is 3.48.